The van der Waals surface area contributed by atoms with Crippen molar-refractivity contribution < 1.29 is 9.84 Å². The molecule has 1 saturated carbocycles. The second-order valence-corrected chi connectivity index (χ2v) is 15.0. The van der Waals surface area contributed by atoms with E-state index in [4.69, 9.17) is 51.1 Å². The van der Waals surface area contributed by atoms with Gasteiger partial charge < -0.3 is 9.84 Å². The van der Waals surface area contributed by atoms with Crippen molar-refractivity contribution in [3.05, 3.63) is 77.0 Å². The van der Waals surface area contributed by atoms with Crippen molar-refractivity contribution in [3.8, 4) is 16.9 Å². The highest BCUT2D eigenvalue weighted by Crippen LogP contribution is 2.48. The highest BCUT2D eigenvalue weighted by atomic mass is 35.5. The maximum Gasteiger partial charge on any atom is 0.276 e. The standard InChI is InChI=1S/C34H38Cl4N4O4/c1-18(46-27-16-21(5-7-25(27)35)28-31(37)39-10-3-4-11-40(39)33(28)44)13-22-15-23(22)14-20-9-12-41-34(45)29(32(38)42(41)17-20)24-6-8-26(36)30(43)19(24)2/h5-8,16,18-20,22-23,30,43H,3-4,9-15,17H2,1-2H3/t18?,19?,20?,22-,23?,30?/m0/s1. The third-order valence-electron chi connectivity index (χ3n) is 10.4. The predicted octanol–water partition coefficient (Wildman–Crippen LogP) is 7.45. The zero-order chi connectivity index (χ0) is 32.4. The van der Waals surface area contributed by atoms with E-state index < -0.39 is 6.10 Å². The molecule has 2 aliphatic carbocycles. The summed E-state index contributed by atoms with van der Waals surface area (Å²) in [6.07, 6.45) is 8.57. The van der Waals surface area contributed by atoms with Gasteiger partial charge in [0.25, 0.3) is 11.1 Å². The molecule has 0 amide bonds. The lowest BCUT2D eigenvalue weighted by molar-refractivity contribution is 0.183. The van der Waals surface area contributed by atoms with Crippen LogP contribution in [0.3, 0.4) is 0 Å². The fraction of sp³-hybridized carbons (Fsp3) is 0.529. The highest BCUT2D eigenvalue weighted by molar-refractivity contribution is 6.33. The molecule has 3 aromatic rings. The van der Waals surface area contributed by atoms with Crippen LogP contribution in [0.25, 0.3) is 16.7 Å². The van der Waals surface area contributed by atoms with Crippen LogP contribution >= 0.6 is 46.4 Å². The van der Waals surface area contributed by atoms with Crippen molar-refractivity contribution in [3.63, 3.8) is 0 Å². The lowest BCUT2D eigenvalue weighted by Gasteiger charge is -2.26. The van der Waals surface area contributed by atoms with E-state index >= 15 is 0 Å². The second kappa shape index (κ2) is 12.6. The Morgan fingerprint density at radius 3 is 2.37 bits per heavy atom. The first-order valence-electron chi connectivity index (χ1n) is 16.2. The van der Waals surface area contributed by atoms with E-state index in [1.807, 2.05) is 28.4 Å². The molecule has 6 atom stereocenters. The van der Waals surface area contributed by atoms with Crippen LogP contribution in [-0.2, 0) is 26.2 Å². The first-order chi connectivity index (χ1) is 22.0. The number of aliphatic hydroxyl groups excluding tert-OH is 1. The van der Waals surface area contributed by atoms with Crippen molar-refractivity contribution in [2.75, 3.05) is 0 Å². The van der Waals surface area contributed by atoms with Crippen LogP contribution in [0.2, 0.25) is 15.3 Å². The van der Waals surface area contributed by atoms with Crippen molar-refractivity contribution in [2.45, 2.75) is 90.8 Å². The molecule has 0 radical (unpaired) electrons. The molecule has 4 aliphatic rings. The van der Waals surface area contributed by atoms with Gasteiger partial charge in [-0.1, -0.05) is 65.5 Å². The number of fused-ring (bicyclic) bond motifs is 2. The Kier molecular flexibility index (Phi) is 8.81. The summed E-state index contributed by atoms with van der Waals surface area (Å²) in [5.41, 5.74) is 2.22. The zero-order valence-electron chi connectivity index (χ0n) is 25.9. The second-order valence-electron chi connectivity index (χ2n) is 13.5. The fourth-order valence-electron chi connectivity index (χ4n) is 7.70. The van der Waals surface area contributed by atoms with Crippen molar-refractivity contribution in [1.29, 1.82) is 0 Å². The Morgan fingerprint density at radius 2 is 1.61 bits per heavy atom. The quantitative estimate of drug-likeness (QED) is 0.264. The monoisotopic (exact) mass is 706 g/mol. The molecule has 0 saturated heterocycles. The lowest BCUT2D eigenvalue weighted by Crippen LogP contribution is -2.33. The number of rotatable bonds is 8. The molecule has 2 aliphatic heterocycles. The maximum atomic E-state index is 13.4. The molecule has 46 heavy (non-hydrogen) atoms. The van der Waals surface area contributed by atoms with Gasteiger partial charge in [0.05, 0.1) is 28.4 Å². The van der Waals surface area contributed by atoms with E-state index in [1.165, 1.54) is 0 Å². The van der Waals surface area contributed by atoms with E-state index in [2.05, 4.69) is 6.92 Å². The van der Waals surface area contributed by atoms with Crippen LogP contribution in [0, 0.1) is 23.7 Å². The average Bonchev–Trinajstić information content (AvgIpc) is 3.64. The Balaban J connectivity index is 0.982. The van der Waals surface area contributed by atoms with E-state index in [0.29, 0.717) is 80.2 Å². The molecule has 12 heteroatoms. The zero-order valence-corrected chi connectivity index (χ0v) is 28.9. The van der Waals surface area contributed by atoms with Crippen LogP contribution in [0.15, 0.2) is 45.0 Å². The number of aliphatic hydroxyl groups is 1. The highest BCUT2D eigenvalue weighted by Gasteiger charge is 2.41. The van der Waals surface area contributed by atoms with Crippen molar-refractivity contribution >= 4 is 52.0 Å². The summed E-state index contributed by atoms with van der Waals surface area (Å²) in [6, 6.07) is 5.44. The van der Waals surface area contributed by atoms with Gasteiger partial charge in [-0.05, 0) is 92.5 Å². The van der Waals surface area contributed by atoms with Gasteiger partial charge in [-0.2, -0.15) is 0 Å². The van der Waals surface area contributed by atoms with Gasteiger partial charge >= 0.3 is 0 Å². The molecular weight excluding hydrogens is 670 g/mol. The molecule has 1 fully saturated rings. The third-order valence-corrected chi connectivity index (χ3v) is 11.8. The summed E-state index contributed by atoms with van der Waals surface area (Å²) >= 11 is 26.2. The normalized spacial score (nSPS) is 26.2. The molecule has 0 bridgehead atoms. The van der Waals surface area contributed by atoms with E-state index in [-0.39, 0.29) is 23.1 Å². The number of hydrogen-bond donors (Lipinski definition) is 1. The maximum absolute atomic E-state index is 13.4. The molecule has 8 nitrogen and oxygen atoms in total. The SMILES string of the molecule is CC(C[C@H]1CC1CC1CCn2c(=O)c(C3=CC=C(Cl)C(O)C3C)c(Cl)n2C1)Oc1cc(-c2c(Cl)n3n(c2=O)CCCC3)ccc1Cl. The lowest BCUT2D eigenvalue weighted by atomic mass is 9.87. The molecule has 1 N–H and O–H groups in total. The number of ether oxygens (including phenoxy) is 1. The van der Waals surface area contributed by atoms with Crippen molar-refractivity contribution in [1.82, 2.24) is 18.7 Å². The minimum Gasteiger partial charge on any atom is -0.489 e. The molecule has 2 aromatic heterocycles. The fourth-order valence-corrected chi connectivity index (χ4v) is 8.83. The van der Waals surface area contributed by atoms with Gasteiger partial charge in [-0.25, -0.2) is 9.36 Å². The Hall–Kier alpha value is -2.36. The van der Waals surface area contributed by atoms with E-state index in [0.717, 1.165) is 50.6 Å². The summed E-state index contributed by atoms with van der Waals surface area (Å²) < 4.78 is 13.6. The smallest absolute Gasteiger partial charge is 0.276 e. The molecule has 4 heterocycles. The van der Waals surface area contributed by atoms with Crippen LogP contribution in [0.1, 0.15) is 57.9 Å². The van der Waals surface area contributed by atoms with Crippen LogP contribution < -0.4 is 15.9 Å². The van der Waals surface area contributed by atoms with E-state index in [9.17, 15) is 14.7 Å². The van der Waals surface area contributed by atoms with Gasteiger partial charge in [0.15, 0.2) is 0 Å². The van der Waals surface area contributed by atoms with Gasteiger partial charge in [-0.15, -0.1) is 0 Å². The van der Waals surface area contributed by atoms with E-state index in [1.54, 1.807) is 27.6 Å². The Bertz CT molecular complexity index is 1870. The Labute approximate surface area is 287 Å². The molecule has 5 unspecified atom stereocenters. The molecular formula is C34H38Cl4N4O4. The molecule has 7 rings (SSSR count). The number of nitrogens with zero attached hydrogens (tertiary/aromatic N) is 4. The summed E-state index contributed by atoms with van der Waals surface area (Å²) in [5, 5.41) is 12.2. The summed E-state index contributed by atoms with van der Waals surface area (Å²) in [4.78, 5) is 26.5. The topological polar surface area (TPSA) is 83.3 Å². The van der Waals surface area contributed by atoms with Crippen molar-refractivity contribution in [2.24, 2.45) is 23.7 Å². The summed E-state index contributed by atoms with van der Waals surface area (Å²) in [5.74, 6) is 1.81. The van der Waals surface area contributed by atoms with Gasteiger partial charge in [0, 0.05) is 37.1 Å². The van der Waals surface area contributed by atoms with Crippen LogP contribution in [0.5, 0.6) is 5.75 Å². The minimum absolute atomic E-state index is 0.0526. The summed E-state index contributed by atoms with van der Waals surface area (Å²) in [7, 11) is 0. The third kappa shape index (κ3) is 5.72. The molecule has 0 spiro atoms. The number of allylic oxidation sites excluding steroid dienone is 2. The number of benzene rings is 1. The largest absolute Gasteiger partial charge is 0.489 e. The first-order valence-corrected chi connectivity index (χ1v) is 17.7. The summed E-state index contributed by atoms with van der Waals surface area (Å²) in [6.45, 7) is 6.65. The number of halogens is 4. The van der Waals surface area contributed by atoms with Gasteiger partial charge in [0.1, 0.15) is 16.1 Å². The average molecular weight is 709 g/mol. The van der Waals surface area contributed by atoms with Gasteiger partial charge in [-0.3, -0.25) is 19.0 Å². The number of aromatic nitrogens is 4. The Morgan fingerprint density at radius 1 is 0.913 bits per heavy atom. The van der Waals surface area contributed by atoms with Crippen LogP contribution in [0.4, 0.5) is 0 Å². The predicted molar refractivity (Wildman–Crippen MR) is 183 cm³/mol. The molecule has 246 valence electrons. The number of hydrogen-bond acceptors (Lipinski definition) is 4. The minimum atomic E-state index is -0.849. The first kappa shape index (κ1) is 32.2. The van der Waals surface area contributed by atoms with Gasteiger partial charge in [0.2, 0.25) is 0 Å². The molecule has 1 aromatic carbocycles. The van der Waals surface area contributed by atoms with Crippen LogP contribution in [-0.4, -0.2) is 36.0 Å².